The maximum absolute atomic E-state index is 0. The van der Waals surface area contributed by atoms with Gasteiger partial charge in [0.05, 0.1) is 0 Å². The molecule has 0 fully saturated rings. The molecular formula is Li2OV+5. The van der Waals surface area contributed by atoms with Crippen molar-refractivity contribution in [1.29, 1.82) is 0 Å². The van der Waals surface area contributed by atoms with Gasteiger partial charge in [-0.2, -0.15) is 0 Å². The molecule has 0 N–H and O–H groups in total. The summed E-state index contributed by atoms with van der Waals surface area (Å²) < 4.78 is 0. The van der Waals surface area contributed by atoms with Gasteiger partial charge in [-0.1, -0.05) is 0 Å². The van der Waals surface area contributed by atoms with E-state index in [2.05, 4.69) is 0 Å². The second kappa shape index (κ2) is 21.9. The van der Waals surface area contributed by atoms with Gasteiger partial charge in [0.25, 0.3) is 0 Å². The third kappa shape index (κ3) is 9.28. The molecule has 1 nitrogen and oxygen atoms in total. The van der Waals surface area contributed by atoms with Crippen molar-refractivity contribution in [3.63, 3.8) is 0 Å². The maximum atomic E-state index is 0. The van der Waals surface area contributed by atoms with Crippen molar-refractivity contribution < 1.29 is 61.8 Å². The minimum Gasteiger partial charge on any atom is -2.00 e. The molecule has 0 amide bonds. The molecule has 0 atom stereocenters. The summed E-state index contributed by atoms with van der Waals surface area (Å²) in [5, 5.41) is 0. The minimum atomic E-state index is 0. The van der Waals surface area contributed by atoms with E-state index in [0.29, 0.717) is 0 Å². The van der Waals surface area contributed by atoms with Gasteiger partial charge in [0, 0.05) is 0 Å². The van der Waals surface area contributed by atoms with E-state index in [9.17, 15) is 0 Å². The molecule has 0 heterocycles. The van der Waals surface area contributed by atoms with Crippen LogP contribution in [0.5, 0.6) is 0 Å². The van der Waals surface area contributed by atoms with Gasteiger partial charge < -0.3 is 5.48 Å². The van der Waals surface area contributed by atoms with Crippen molar-refractivity contribution in [1.82, 2.24) is 0 Å². The average Bonchev–Trinajstić information content (AvgIpc) is 0. The van der Waals surface area contributed by atoms with Crippen LogP contribution >= 0.6 is 0 Å². The molecule has 0 spiro atoms. The third-order valence-electron chi connectivity index (χ3n) is 0. The normalized spacial score (nSPS) is 0. The largest absolute Gasteiger partial charge is 5.00 e. The zero-order valence-corrected chi connectivity index (χ0v) is 4.25. The van der Waals surface area contributed by atoms with Crippen LogP contribution < -0.4 is 37.7 Å². The molecule has 0 aromatic rings. The molecule has 0 aromatic carbocycles. The summed E-state index contributed by atoms with van der Waals surface area (Å²) in [7, 11) is 0. The first kappa shape index (κ1) is 42.6. The van der Waals surface area contributed by atoms with Crippen molar-refractivity contribution in [2.75, 3.05) is 0 Å². The van der Waals surface area contributed by atoms with Gasteiger partial charge in [0.1, 0.15) is 0 Å². The summed E-state index contributed by atoms with van der Waals surface area (Å²) >= 11 is 0. The molecule has 0 unspecified atom stereocenters. The molecule has 0 rings (SSSR count). The number of hydrogen-bond acceptors (Lipinski definition) is 0. The minimum absolute atomic E-state index is 0. The average molecular weight is 80.8 g/mol. The van der Waals surface area contributed by atoms with Crippen LogP contribution in [0, 0.1) is 0 Å². The Balaban J connectivity index is 0. The van der Waals surface area contributed by atoms with E-state index in [0.717, 1.165) is 0 Å². The topological polar surface area (TPSA) is 28.5 Å². The van der Waals surface area contributed by atoms with E-state index in [1.54, 1.807) is 0 Å². The van der Waals surface area contributed by atoms with Gasteiger partial charge in [0.15, 0.2) is 0 Å². The fraction of sp³-hybridized carbons (Fsp3) is 0. The number of rotatable bonds is 0. The quantitative estimate of drug-likeness (QED) is 0.259. The summed E-state index contributed by atoms with van der Waals surface area (Å²) in [5.41, 5.74) is 0. The third-order valence-corrected chi connectivity index (χ3v) is 0. The summed E-state index contributed by atoms with van der Waals surface area (Å²) in [6.07, 6.45) is 0. The summed E-state index contributed by atoms with van der Waals surface area (Å²) in [6.45, 7) is 0. The van der Waals surface area contributed by atoms with Gasteiger partial charge in [-0.05, 0) is 0 Å². The van der Waals surface area contributed by atoms with E-state index < -0.39 is 0 Å². The van der Waals surface area contributed by atoms with Crippen LogP contribution in [0.4, 0.5) is 0 Å². The van der Waals surface area contributed by atoms with E-state index in [1.807, 2.05) is 0 Å². The van der Waals surface area contributed by atoms with Gasteiger partial charge in [-0.15, -0.1) is 0 Å². The van der Waals surface area contributed by atoms with E-state index in [4.69, 9.17) is 0 Å². The molecule has 4 heteroatoms. The van der Waals surface area contributed by atoms with Crippen molar-refractivity contribution >= 4 is 0 Å². The van der Waals surface area contributed by atoms with E-state index in [-0.39, 0.29) is 61.8 Å². The first-order chi connectivity index (χ1) is 0. The van der Waals surface area contributed by atoms with Crippen LogP contribution in [-0.4, -0.2) is 0 Å². The molecule has 0 saturated heterocycles. The van der Waals surface area contributed by atoms with Crippen LogP contribution in [0.2, 0.25) is 0 Å². The van der Waals surface area contributed by atoms with Gasteiger partial charge in [0.2, 0.25) is 0 Å². The van der Waals surface area contributed by atoms with Crippen molar-refractivity contribution in [2.24, 2.45) is 0 Å². The Morgan fingerprint density at radius 2 is 0.750 bits per heavy atom. The summed E-state index contributed by atoms with van der Waals surface area (Å²) in [5.74, 6) is 0. The molecule has 0 bridgehead atoms. The molecule has 0 saturated carbocycles. The SMILES string of the molecule is [Li+].[Li+].[O-2].[V+5]. The molecule has 8 valence electrons. The Morgan fingerprint density at radius 3 is 0.750 bits per heavy atom. The Hall–Kier alpha value is 1.74. The Labute approximate surface area is 61.5 Å². The van der Waals surface area contributed by atoms with Crippen LogP contribution in [0.3, 0.4) is 0 Å². The second-order valence-electron chi connectivity index (χ2n) is 0. The molecule has 0 aliphatic carbocycles. The molecule has 0 radical (unpaired) electrons. The van der Waals surface area contributed by atoms with E-state index in [1.165, 1.54) is 0 Å². The standard InChI is InChI=1S/2Li.O.V/q2*+1;-2;+5. The summed E-state index contributed by atoms with van der Waals surface area (Å²) in [6, 6.07) is 0. The van der Waals surface area contributed by atoms with Crippen LogP contribution in [0.1, 0.15) is 0 Å². The van der Waals surface area contributed by atoms with Crippen molar-refractivity contribution in [3.8, 4) is 0 Å². The fourth-order valence-electron chi connectivity index (χ4n) is 0. The molecule has 4 heavy (non-hydrogen) atoms. The first-order valence-electron chi connectivity index (χ1n) is 0. The second-order valence-corrected chi connectivity index (χ2v) is 0. The van der Waals surface area contributed by atoms with E-state index >= 15 is 0 Å². The Bertz CT molecular complexity index is 6.00. The van der Waals surface area contributed by atoms with Crippen LogP contribution in [-0.2, 0) is 24.0 Å². The van der Waals surface area contributed by atoms with Crippen molar-refractivity contribution in [2.45, 2.75) is 0 Å². The Morgan fingerprint density at radius 1 is 0.750 bits per heavy atom. The molecule has 0 aliphatic heterocycles. The number of hydrogen-bond donors (Lipinski definition) is 0. The van der Waals surface area contributed by atoms with Gasteiger partial charge in [-0.3, -0.25) is 0 Å². The zero-order valence-electron chi connectivity index (χ0n) is 2.86. The first-order valence-corrected chi connectivity index (χ1v) is 0. The van der Waals surface area contributed by atoms with Crippen molar-refractivity contribution in [3.05, 3.63) is 0 Å². The van der Waals surface area contributed by atoms with Crippen LogP contribution in [0.25, 0.3) is 0 Å². The molecule has 0 aromatic heterocycles. The predicted octanol–water partition coefficient (Wildman–Crippen LogP) is -6.11. The fourth-order valence-corrected chi connectivity index (χ4v) is 0. The summed E-state index contributed by atoms with van der Waals surface area (Å²) in [4.78, 5) is 0. The smallest absolute Gasteiger partial charge is 2.00 e. The maximum Gasteiger partial charge on any atom is 5.00 e. The Kier molecular flexibility index (Phi) is 233. The molecule has 0 aliphatic rings. The van der Waals surface area contributed by atoms with Crippen LogP contribution in [0.15, 0.2) is 0 Å². The molecular weight excluding hydrogens is 80.8 g/mol. The predicted molar refractivity (Wildman–Crippen MR) is 0.686 cm³/mol. The van der Waals surface area contributed by atoms with Gasteiger partial charge in [-0.25, -0.2) is 0 Å². The monoisotopic (exact) mass is 81.0 g/mol. The van der Waals surface area contributed by atoms with Gasteiger partial charge >= 0.3 is 56.3 Å². The zero-order chi connectivity index (χ0) is 0.